The van der Waals surface area contributed by atoms with Crippen LogP contribution in [0.1, 0.15) is 11.1 Å². The Kier molecular flexibility index (Phi) is 5.91. The molecule has 1 aliphatic heterocycles. The highest BCUT2D eigenvalue weighted by atomic mass is 35.5. The number of ether oxygens (including phenoxy) is 1. The first-order valence-electron chi connectivity index (χ1n) is 8.51. The van der Waals surface area contributed by atoms with Gasteiger partial charge < -0.3 is 15.0 Å². The van der Waals surface area contributed by atoms with Crippen molar-refractivity contribution in [2.75, 3.05) is 24.6 Å². The van der Waals surface area contributed by atoms with Crippen LogP contribution in [-0.2, 0) is 20.7 Å². The van der Waals surface area contributed by atoms with Crippen molar-refractivity contribution in [3.05, 3.63) is 64.7 Å². The molecule has 2 amide bonds. The first-order valence-corrected chi connectivity index (χ1v) is 8.89. The summed E-state index contributed by atoms with van der Waals surface area (Å²) < 4.78 is 5.56. The van der Waals surface area contributed by atoms with Gasteiger partial charge in [-0.05, 0) is 36.8 Å². The summed E-state index contributed by atoms with van der Waals surface area (Å²) >= 11 is 5.85. The third kappa shape index (κ3) is 4.84. The predicted octanol–water partition coefficient (Wildman–Crippen LogP) is 2.74. The van der Waals surface area contributed by atoms with Crippen LogP contribution < -0.4 is 10.2 Å². The van der Waals surface area contributed by atoms with Crippen LogP contribution in [0, 0.1) is 6.92 Å². The second kappa shape index (κ2) is 8.34. The summed E-state index contributed by atoms with van der Waals surface area (Å²) in [6.07, 6.45) is 0.0491. The van der Waals surface area contributed by atoms with Gasteiger partial charge >= 0.3 is 0 Å². The van der Waals surface area contributed by atoms with Gasteiger partial charge in [0.15, 0.2) is 0 Å². The summed E-state index contributed by atoms with van der Waals surface area (Å²) in [6.45, 7) is 2.81. The third-order valence-electron chi connectivity index (χ3n) is 4.28. The number of morpholine rings is 1. The number of carbonyl (C=O) groups is 2. The molecule has 5 nitrogen and oxygen atoms in total. The molecular formula is C20H21ClN2O3. The summed E-state index contributed by atoms with van der Waals surface area (Å²) in [5.41, 5.74) is 2.88. The molecule has 0 radical (unpaired) electrons. The normalized spacial score (nSPS) is 17.2. The minimum atomic E-state index is -0.233. The van der Waals surface area contributed by atoms with E-state index in [1.807, 2.05) is 43.3 Å². The van der Waals surface area contributed by atoms with Crippen molar-refractivity contribution in [3.8, 4) is 0 Å². The van der Waals surface area contributed by atoms with Crippen molar-refractivity contribution in [2.45, 2.75) is 19.4 Å². The molecule has 1 atom stereocenters. The Balaban J connectivity index is 1.53. The monoisotopic (exact) mass is 372 g/mol. The molecule has 2 aromatic carbocycles. The SMILES string of the molecule is Cc1ccc(N2CC(CNC(=O)Cc3ccc(Cl)cc3)OCC2=O)cc1. The zero-order valence-electron chi connectivity index (χ0n) is 14.6. The molecule has 0 aliphatic carbocycles. The molecule has 0 bridgehead atoms. The van der Waals surface area contributed by atoms with Crippen LogP contribution in [0.3, 0.4) is 0 Å². The second-order valence-electron chi connectivity index (χ2n) is 6.38. The largest absolute Gasteiger partial charge is 0.365 e. The van der Waals surface area contributed by atoms with E-state index >= 15 is 0 Å². The Morgan fingerprint density at radius 2 is 1.88 bits per heavy atom. The van der Waals surface area contributed by atoms with Crippen LogP contribution in [0.25, 0.3) is 0 Å². The maximum absolute atomic E-state index is 12.1. The molecule has 1 fully saturated rings. The van der Waals surface area contributed by atoms with Gasteiger partial charge in [-0.15, -0.1) is 0 Å². The first kappa shape index (κ1) is 18.4. The number of benzene rings is 2. The van der Waals surface area contributed by atoms with Crippen molar-refractivity contribution < 1.29 is 14.3 Å². The standard InChI is InChI=1S/C20H21ClN2O3/c1-14-2-8-17(9-3-14)23-12-18(26-13-20(23)25)11-22-19(24)10-15-4-6-16(21)7-5-15/h2-9,18H,10-13H2,1H3,(H,22,24). The van der Waals surface area contributed by atoms with E-state index in [-0.39, 0.29) is 30.9 Å². The molecule has 0 spiro atoms. The Bertz CT molecular complexity index is 775. The lowest BCUT2D eigenvalue weighted by Crippen LogP contribution is -2.50. The topological polar surface area (TPSA) is 58.6 Å². The molecule has 3 rings (SSSR count). The highest BCUT2D eigenvalue weighted by Crippen LogP contribution is 2.19. The average molecular weight is 373 g/mol. The quantitative estimate of drug-likeness (QED) is 0.878. The summed E-state index contributed by atoms with van der Waals surface area (Å²) in [7, 11) is 0. The van der Waals surface area contributed by atoms with E-state index in [2.05, 4.69) is 5.32 Å². The number of anilines is 1. The van der Waals surface area contributed by atoms with Crippen LogP contribution in [0.5, 0.6) is 0 Å². The van der Waals surface area contributed by atoms with Crippen LogP contribution in [0.2, 0.25) is 5.02 Å². The Labute approximate surface area is 157 Å². The van der Waals surface area contributed by atoms with E-state index in [0.717, 1.165) is 16.8 Å². The third-order valence-corrected chi connectivity index (χ3v) is 4.53. The molecule has 136 valence electrons. The van der Waals surface area contributed by atoms with Gasteiger partial charge in [0, 0.05) is 17.3 Å². The molecular weight excluding hydrogens is 352 g/mol. The smallest absolute Gasteiger partial charge is 0.253 e. The molecule has 1 N–H and O–H groups in total. The van der Waals surface area contributed by atoms with E-state index in [4.69, 9.17) is 16.3 Å². The lowest BCUT2D eigenvalue weighted by Gasteiger charge is -2.33. The maximum Gasteiger partial charge on any atom is 0.253 e. The lowest BCUT2D eigenvalue weighted by molar-refractivity contribution is -0.129. The Morgan fingerprint density at radius 3 is 2.58 bits per heavy atom. The molecule has 2 aromatic rings. The summed E-state index contributed by atoms with van der Waals surface area (Å²) in [6, 6.07) is 15.0. The zero-order valence-corrected chi connectivity index (χ0v) is 15.3. The molecule has 1 heterocycles. The van der Waals surface area contributed by atoms with E-state index in [1.54, 1.807) is 17.0 Å². The molecule has 0 saturated carbocycles. The van der Waals surface area contributed by atoms with Crippen LogP contribution in [0.15, 0.2) is 48.5 Å². The fourth-order valence-corrected chi connectivity index (χ4v) is 2.93. The Morgan fingerprint density at radius 1 is 1.19 bits per heavy atom. The van der Waals surface area contributed by atoms with Gasteiger partial charge in [-0.3, -0.25) is 9.59 Å². The molecule has 26 heavy (non-hydrogen) atoms. The minimum absolute atomic E-state index is 0.0194. The predicted molar refractivity (Wildman–Crippen MR) is 101 cm³/mol. The van der Waals surface area contributed by atoms with Gasteiger partial charge in [0.25, 0.3) is 5.91 Å². The van der Waals surface area contributed by atoms with Crippen LogP contribution in [-0.4, -0.2) is 37.6 Å². The van der Waals surface area contributed by atoms with Gasteiger partial charge in [-0.1, -0.05) is 41.4 Å². The number of amides is 2. The van der Waals surface area contributed by atoms with Crippen molar-refractivity contribution in [3.63, 3.8) is 0 Å². The summed E-state index contributed by atoms with van der Waals surface area (Å²) in [5, 5.41) is 3.52. The number of hydrogen-bond acceptors (Lipinski definition) is 3. The van der Waals surface area contributed by atoms with Crippen molar-refractivity contribution >= 4 is 29.1 Å². The van der Waals surface area contributed by atoms with Crippen LogP contribution in [0.4, 0.5) is 5.69 Å². The van der Waals surface area contributed by atoms with E-state index < -0.39 is 0 Å². The molecule has 1 aliphatic rings. The minimum Gasteiger partial charge on any atom is -0.365 e. The lowest BCUT2D eigenvalue weighted by atomic mass is 10.1. The van der Waals surface area contributed by atoms with Gasteiger partial charge in [0.2, 0.25) is 5.91 Å². The number of carbonyl (C=O) groups excluding carboxylic acids is 2. The fraction of sp³-hybridized carbons (Fsp3) is 0.300. The highest BCUT2D eigenvalue weighted by molar-refractivity contribution is 6.30. The van der Waals surface area contributed by atoms with Crippen molar-refractivity contribution in [1.82, 2.24) is 5.32 Å². The van der Waals surface area contributed by atoms with E-state index in [0.29, 0.717) is 18.1 Å². The van der Waals surface area contributed by atoms with Crippen molar-refractivity contribution in [2.24, 2.45) is 0 Å². The zero-order chi connectivity index (χ0) is 18.5. The first-order chi connectivity index (χ1) is 12.5. The highest BCUT2D eigenvalue weighted by Gasteiger charge is 2.27. The van der Waals surface area contributed by atoms with Gasteiger partial charge in [0.1, 0.15) is 6.61 Å². The molecule has 1 unspecified atom stereocenters. The van der Waals surface area contributed by atoms with Crippen LogP contribution >= 0.6 is 11.6 Å². The molecule has 6 heteroatoms. The molecule has 0 aromatic heterocycles. The number of hydrogen-bond donors (Lipinski definition) is 1. The van der Waals surface area contributed by atoms with E-state index in [9.17, 15) is 9.59 Å². The number of halogens is 1. The maximum atomic E-state index is 12.1. The van der Waals surface area contributed by atoms with Gasteiger partial charge in [-0.25, -0.2) is 0 Å². The summed E-state index contributed by atoms with van der Waals surface area (Å²) in [5.74, 6) is -0.160. The number of nitrogens with zero attached hydrogens (tertiary/aromatic N) is 1. The second-order valence-corrected chi connectivity index (χ2v) is 6.82. The number of nitrogens with one attached hydrogen (secondary N) is 1. The summed E-state index contributed by atoms with van der Waals surface area (Å²) in [4.78, 5) is 26.0. The van der Waals surface area contributed by atoms with Crippen molar-refractivity contribution in [1.29, 1.82) is 0 Å². The average Bonchev–Trinajstić information content (AvgIpc) is 2.64. The van der Waals surface area contributed by atoms with Gasteiger partial charge in [-0.2, -0.15) is 0 Å². The van der Waals surface area contributed by atoms with E-state index in [1.165, 1.54) is 0 Å². The Hall–Kier alpha value is -2.37. The number of rotatable bonds is 5. The van der Waals surface area contributed by atoms with Gasteiger partial charge in [0.05, 0.1) is 19.1 Å². The molecule has 1 saturated heterocycles. The number of aryl methyl sites for hydroxylation is 1. The fourth-order valence-electron chi connectivity index (χ4n) is 2.80.